The highest BCUT2D eigenvalue weighted by Gasteiger charge is 2.15. The number of rotatable bonds is 7. The van der Waals surface area contributed by atoms with Gasteiger partial charge in [0.05, 0.1) is 5.75 Å². The molecular formula is C12H28N2O2S. The molecule has 104 valence electrons. The fourth-order valence-corrected chi connectivity index (χ4v) is 2.11. The maximum Gasteiger partial charge on any atom is 0.214 e. The van der Waals surface area contributed by atoms with Crippen molar-refractivity contribution in [2.24, 2.45) is 5.41 Å². The van der Waals surface area contributed by atoms with Crippen LogP contribution in [0.4, 0.5) is 0 Å². The summed E-state index contributed by atoms with van der Waals surface area (Å²) in [5, 5.41) is 3.26. The van der Waals surface area contributed by atoms with Crippen molar-refractivity contribution >= 4 is 10.0 Å². The fraction of sp³-hybridized carbons (Fsp3) is 1.00. The molecule has 0 radical (unpaired) electrons. The molecule has 0 bridgehead atoms. The van der Waals surface area contributed by atoms with Gasteiger partial charge in [-0.2, -0.15) is 0 Å². The van der Waals surface area contributed by atoms with Gasteiger partial charge in [-0.05, 0) is 25.2 Å². The highest BCUT2D eigenvalue weighted by Crippen LogP contribution is 2.21. The molecule has 0 aliphatic rings. The first-order valence-corrected chi connectivity index (χ1v) is 7.79. The zero-order valence-electron chi connectivity index (χ0n) is 12.1. The lowest BCUT2D eigenvalue weighted by molar-refractivity contribution is 0.338. The SMILES string of the molecule is CC(CCC(C)(C)C)NCCS(=O)(=O)N(C)C. The molecule has 1 unspecified atom stereocenters. The lowest BCUT2D eigenvalue weighted by Crippen LogP contribution is -2.35. The molecule has 1 N–H and O–H groups in total. The van der Waals surface area contributed by atoms with Crippen molar-refractivity contribution in [3.05, 3.63) is 0 Å². The molecule has 0 saturated heterocycles. The van der Waals surface area contributed by atoms with Crippen LogP contribution in [0.15, 0.2) is 0 Å². The van der Waals surface area contributed by atoms with Gasteiger partial charge >= 0.3 is 0 Å². The van der Waals surface area contributed by atoms with Gasteiger partial charge in [-0.25, -0.2) is 12.7 Å². The molecule has 4 nitrogen and oxygen atoms in total. The van der Waals surface area contributed by atoms with Crippen molar-refractivity contribution in [2.45, 2.75) is 46.6 Å². The lowest BCUT2D eigenvalue weighted by atomic mass is 9.89. The Labute approximate surface area is 107 Å². The Morgan fingerprint density at radius 1 is 1.24 bits per heavy atom. The van der Waals surface area contributed by atoms with Gasteiger partial charge in [0.2, 0.25) is 10.0 Å². The van der Waals surface area contributed by atoms with Gasteiger partial charge in [-0.15, -0.1) is 0 Å². The van der Waals surface area contributed by atoms with Crippen LogP contribution in [0.3, 0.4) is 0 Å². The van der Waals surface area contributed by atoms with Crippen LogP contribution in [0.2, 0.25) is 0 Å². The van der Waals surface area contributed by atoms with E-state index in [-0.39, 0.29) is 5.75 Å². The van der Waals surface area contributed by atoms with E-state index in [1.807, 2.05) is 0 Å². The standard InChI is InChI=1S/C12H28N2O2S/c1-11(7-8-12(2,3)4)13-9-10-17(15,16)14(5)6/h11,13H,7-10H2,1-6H3. The van der Waals surface area contributed by atoms with E-state index in [0.717, 1.165) is 12.8 Å². The van der Waals surface area contributed by atoms with Crippen molar-refractivity contribution in [2.75, 3.05) is 26.4 Å². The van der Waals surface area contributed by atoms with Crippen LogP contribution in [0.1, 0.15) is 40.5 Å². The summed E-state index contributed by atoms with van der Waals surface area (Å²) in [6.45, 7) is 9.28. The van der Waals surface area contributed by atoms with E-state index in [1.165, 1.54) is 4.31 Å². The summed E-state index contributed by atoms with van der Waals surface area (Å²) in [6.07, 6.45) is 2.22. The zero-order valence-corrected chi connectivity index (χ0v) is 12.9. The van der Waals surface area contributed by atoms with Gasteiger partial charge in [-0.3, -0.25) is 0 Å². The van der Waals surface area contributed by atoms with Gasteiger partial charge < -0.3 is 5.32 Å². The minimum Gasteiger partial charge on any atom is -0.313 e. The molecule has 0 aliphatic heterocycles. The molecule has 0 fully saturated rings. The molecule has 0 aromatic rings. The van der Waals surface area contributed by atoms with Crippen LogP contribution in [0.5, 0.6) is 0 Å². The van der Waals surface area contributed by atoms with E-state index >= 15 is 0 Å². The largest absolute Gasteiger partial charge is 0.313 e. The molecule has 0 spiro atoms. The van der Waals surface area contributed by atoms with Crippen molar-refractivity contribution in [1.82, 2.24) is 9.62 Å². The van der Waals surface area contributed by atoms with Crippen molar-refractivity contribution in [3.63, 3.8) is 0 Å². The van der Waals surface area contributed by atoms with Crippen LogP contribution in [0, 0.1) is 5.41 Å². The predicted octanol–water partition coefficient (Wildman–Crippen LogP) is 1.68. The maximum atomic E-state index is 11.5. The Balaban J connectivity index is 3.83. The van der Waals surface area contributed by atoms with E-state index in [1.54, 1.807) is 14.1 Å². The van der Waals surface area contributed by atoms with Crippen LogP contribution in [-0.2, 0) is 10.0 Å². The Morgan fingerprint density at radius 3 is 2.18 bits per heavy atom. The van der Waals surface area contributed by atoms with Crippen molar-refractivity contribution < 1.29 is 8.42 Å². The molecule has 0 aromatic carbocycles. The number of nitrogens with zero attached hydrogens (tertiary/aromatic N) is 1. The first kappa shape index (κ1) is 16.9. The second kappa shape index (κ2) is 6.71. The van der Waals surface area contributed by atoms with E-state index in [2.05, 4.69) is 33.0 Å². The first-order valence-electron chi connectivity index (χ1n) is 6.18. The number of nitrogens with one attached hydrogen (secondary N) is 1. The average Bonchev–Trinajstić information content (AvgIpc) is 2.13. The summed E-state index contributed by atoms with van der Waals surface area (Å²) in [5.41, 5.74) is 0.339. The zero-order chi connectivity index (χ0) is 13.7. The Morgan fingerprint density at radius 2 is 1.76 bits per heavy atom. The fourth-order valence-electron chi connectivity index (χ4n) is 1.37. The van der Waals surface area contributed by atoms with Crippen LogP contribution in [-0.4, -0.2) is 45.2 Å². The van der Waals surface area contributed by atoms with Crippen LogP contribution in [0.25, 0.3) is 0 Å². The molecule has 0 amide bonds. The molecule has 17 heavy (non-hydrogen) atoms. The Bertz CT molecular complexity index is 305. The third kappa shape index (κ3) is 8.57. The quantitative estimate of drug-likeness (QED) is 0.761. The predicted molar refractivity (Wildman–Crippen MR) is 73.6 cm³/mol. The molecule has 0 rings (SSSR count). The highest BCUT2D eigenvalue weighted by atomic mass is 32.2. The van der Waals surface area contributed by atoms with E-state index in [4.69, 9.17) is 0 Å². The number of hydrogen-bond acceptors (Lipinski definition) is 3. The lowest BCUT2D eigenvalue weighted by Gasteiger charge is -2.21. The van der Waals surface area contributed by atoms with Gasteiger partial charge in [0.25, 0.3) is 0 Å². The topological polar surface area (TPSA) is 49.4 Å². The average molecular weight is 264 g/mol. The van der Waals surface area contributed by atoms with Gasteiger partial charge in [0.1, 0.15) is 0 Å². The summed E-state index contributed by atoms with van der Waals surface area (Å²) >= 11 is 0. The third-order valence-electron chi connectivity index (χ3n) is 2.74. The number of hydrogen-bond donors (Lipinski definition) is 1. The maximum absolute atomic E-state index is 11.5. The number of sulfonamides is 1. The molecule has 0 saturated carbocycles. The molecule has 0 heterocycles. The molecule has 1 atom stereocenters. The summed E-state index contributed by atoms with van der Waals surface area (Å²) in [5.74, 6) is 0.167. The summed E-state index contributed by atoms with van der Waals surface area (Å²) in [6, 6.07) is 0.367. The monoisotopic (exact) mass is 264 g/mol. The third-order valence-corrected chi connectivity index (χ3v) is 4.57. The second-order valence-electron chi connectivity index (χ2n) is 6.05. The smallest absolute Gasteiger partial charge is 0.214 e. The summed E-state index contributed by atoms with van der Waals surface area (Å²) in [7, 11) is 0.0693. The van der Waals surface area contributed by atoms with Gasteiger partial charge in [-0.1, -0.05) is 20.8 Å². The Hall–Kier alpha value is -0.130. The minimum absolute atomic E-state index is 0.167. The Kier molecular flexibility index (Phi) is 6.66. The first-order chi connectivity index (χ1) is 7.54. The van der Waals surface area contributed by atoms with Gasteiger partial charge in [0.15, 0.2) is 0 Å². The molecule has 0 aliphatic carbocycles. The molecular weight excluding hydrogens is 236 g/mol. The van der Waals surface area contributed by atoms with Crippen LogP contribution < -0.4 is 5.32 Å². The van der Waals surface area contributed by atoms with Crippen molar-refractivity contribution in [3.8, 4) is 0 Å². The molecule has 5 heteroatoms. The van der Waals surface area contributed by atoms with Crippen LogP contribution >= 0.6 is 0 Å². The van der Waals surface area contributed by atoms with Crippen molar-refractivity contribution in [1.29, 1.82) is 0 Å². The highest BCUT2D eigenvalue weighted by molar-refractivity contribution is 7.89. The minimum atomic E-state index is -3.07. The van der Waals surface area contributed by atoms with E-state index in [0.29, 0.717) is 18.0 Å². The molecule has 0 aromatic heterocycles. The van der Waals surface area contributed by atoms with Gasteiger partial charge in [0, 0.05) is 26.7 Å². The van der Waals surface area contributed by atoms with E-state index in [9.17, 15) is 8.42 Å². The second-order valence-corrected chi connectivity index (χ2v) is 8.36. The summed E-state index contributed by atoms with van der Waals surface area (Å²) < 4.78 is 24.3. The normalized spacial score (nSPS) is 15.2. The summed E-state index contributed by atoms with van der Waals surface area (Å²) in [4.78, 5) is 0. The van der Waals surface area contributed by atoms with E-state index < -0.39 is 10.0 Å².